The second kappa shape index (κ2) is 10.3. The van der Waals surface area contributed by atoms with Crippen molar-refractivity contribution in [3.05, 3.63) is 87.9 Å². The molecular weight excluding hydrogens is 504 g/mol. The van der Waals surface area contributed by atoms with Crippen LogP contribution in [0.4, 0.5) is 5.69 Å². The number of sulfonamides is 1. The van der Waals surface area contributed by atoms with Crippen LogP contribution < -0.4 is 14.8 Å². The van der Waals surface area contributed by atoms with Crippen molar-refractivity contribution in [1.29, 1.82) is 0 Å². The van der Waals surface area contributed by atoms with E-state index >= 15 is 0 Å². The van der Waals surface area contributed by atoms with Crippen molar-refractivity contribution in [1.82, 2.24) is 4.72 Å². The maximum atomic E-state index is 13.1. The Hall–Kier alpha value is -2.39. The molecule has 3 aromatic carbocycles. The Morgan fingerprint density at radius 1 is 1.06 bits per heavy atom. The van der Waals surface area contributed by atoms with Gasteiger partial charge >= 0.3 is 0 Å². The van der Waals surface area contributed by atoms with Gasteiger partial charge in [-0.3, -0.25) is 4.79 Å². The first-order valence-electron chi connectivity index (χ1n) is 9.25. The van der Waals surface area contributed by atoms with E-state index in [1.54, 1.807) is 30.3 Å². The molecule has 6 nitrogen and oxygen atoms in total. The molecule has 0 aliphatic carbocycles. The largest absolute Gasteiger partial charge is 0.495 e. The quantitative estimate of drug-likeness (QED) is 0.451. The zero-order chi connectivity index (χ0) is 22.4. The fourth-order valence-corrected chi connectivity index (χ4v) is 4.54. The fourth-order valence-electron chi connectivity index (χ4n) is 2.90. The Morgan fingerprint density at radius 2 is 1.74 bits per heavy atom. The Labute approximate surface area is 194 Å². The number of anilines is 1. The molecule has 0 aromatic heterocycles. The van der Waals surface area contributed by atoms with Crippen LogP contribution in [0.1, 0.15) is 5.56 Å². The van der Waals surface area contributed by atoms with Gasteiger partial charge in [-0.2, -0.15) is 4.72 Å². The lowest BCUT2D eigenvalue weighted by atomic mass is 10.1. The van der Waals surface area contributed by atoms with Gasteiger partial charge in [-0.25, -0.2) is 8.42 Å². The highest BCUT2D eigenvalue weighted by atomic mass is 79.9. The number of halogens is 2. The number of ether oxygens (including phenoxy) is 1. The Morgan fingerprint density at radius 3 is 2.39 bits per heavy atom. The number of benzene rings is 3. The highest BCUT2D eigenvalue weighted by Crippen LogP contribution is 2.28. The van der Waals surface area contributed by atoms with E-state index < -0.39 is 22.0 Å². The highest BCUT2D eigenvalue weighted by Gasteiger charge is 2.27. The summed E-state index contributed by atoms with van der Waals surface area (Å²) in [5.41, 5.74) is 1.15. The molecule has 0 saturated carbocycles. The predicted octanol–water partition coefficient (Wildman–Crippen LogP) is 4.64. The minimum Gasteiger partial charge on any atom is -0.495 e. The predicted molar refractivity (Wildman–Crippen MR) is 125 cm³/mol. The SMILES string of the molecule is COc1ccc(Cl)cc1NC(=O)[C@H](Cc1ccccc1)NS(=O)(=O)c1ccc(Br)cc1. The van der Waals surface area contributed by atoms with Gasteiger partial charge in [0.1, 0.15) is 11.8 Å². The van der Waals surface area contributed by atoms with E-state index in [2.05, 4.69) is 26.0 Å². The maximum absolute atomic E-state index is 13.1. The first kappa shape index (κ1) is 23.3. The van der Waals surface area contributed by atoms with E-state index in [1.165, 1.54) is 19.2 Å². The summed E-state index contributed by atoms with van der Waals surface area (Å²) in [5.74, 6) is -0.128. The molecule has 3 aromatic rings. The lowest BCUT2D eigenvalue weighted by Crippen LogP contribution is -2.45. The molecule has 0 saturated heterocycles. The molecule has 0 heterocycles. The number of methoxy groups -OCH3 is 1. The molecule has 31 heavy (non-hydrogen) atoms. The van der Waals surface area contributed by atoms with Crippen molar-refractivity contribution in [2.75, 3.05) is 12.4 Å². The van der Waals surface area contributed by atoms with Gasteiger partial charge in [-0.1, -0.05) is 57.9 Å². The molecular formula is C22H20BrClN2O4S. The highest BCUT2D eigenvalue weighted by molar-refractivity contribution is 9.10. The maximum Gasteiger partial charge on any atom is 0.243 e. The summed E-state index contributed by atoms with van der Waals surface area (Å²) in [5, 5.41) is 3.13. The van der Waals surface area contributed by atoms with Gasteiger partial charge in [-0.05, 0) is 54.4 Å². The summed E-state index contributed by atoms with van der Waals surface area (Å²) >= 11 is 9.33. The van der Waals surface area contributed by atoms with Crippen molar-refractivity contribution in [2.24, 2.45) is 0 Å². The van der Waals surface area contributed by atoms with Gasteiger partial charge in [0.2, 0.25) is 15.9 Å². The van der Waals surface area contributed by atoms with Gasteiger partial charge in [0.25, 0.3) is 0 Å². The van der Waals surface area contributed by atoms with Crippen LogP contribution in [0.2, 0.25) is 5.02 Å². The van der Waals surface area contributed by atoms with E-state index in [9.17, 15) is 13.2 Å². The van der Waals surface area contributed by atoms with Crippen molar-refractivity contribution >= 4 is 49.1 Å². The number of carbonyl (C=O) groups is 1. The van der Waals surface area contributed by atoms with Crippen molar-refractivity contribution in [3.8, 4) is 5.75 Å². The van der Waals surface area contributed by atoms with Crippen LogP contribution in [0.15, 0.2) is 82.2 Å². The molecule has 1 atom stereocenters. The van der Waals surface area contributed by atoms with Crippen LogP contribution in [0.25, 0.3) is 0 Å². The molecule has 2 N–H and O–H groups in total. The van der Waals surface area contributed by atoms with Crippen LogP contribution >= 0.6 is 27.5 Å². The summed E-state index contributed by atoms with van der Waals surface area (Å²) in [6.07, 6.45) is 0.158. The molecule has 0 spiro atoms. The van der Waals surface area contributed by atoms with Crippen LogP contribution in [0, 0.1) is 0 Å². The van der Waals surface area contributed by atoms with Crippen LogP contribution in [-0.2, 0) is 21.2 Å². The lowest BCUT2D eigenvalue weighted by Gasteiger charge is -2.20. The van der Waals surface area contributed by atoms with E-state index in [0.29, 0.717) is 16.5 Å². The van der Waals surface area contributed by atoms with Crippen molar-refractivity contribution in [3.63, 3.8) is 0 Å². The van der Waals surface area contributed by atoms with E-state index in [1.807, 2.05) is 30.3 Å². The third-order valence-electron chi connectivity index (χ3n) is 4.44. The summed E-state index contributed by atoms with van der Waals surface area (Å²) in [6, 6.07) is 19.1. The van der Waals surface area contributed by atoms with Crippen LogP contribution in [0.3, 0.4) is 0 Å². The smallest absolute Gasteiger partial charge is 0.243 e. The first-order valence-corrected chi connectivity index (χ1v) is 11.9. The number of nitrogens with one attached hydrogen (secondary N) is 2. The monoisotopic (exact) mass is 522 g/mol. The van der Waals surface area contributed by atoms with Crippen molar-refractivity contribution in [2.45, 2.75) is 17.4 Å². The molecule has 0 aliphatic heterocycles. The summed E-state index contributed by atoms with van der Waals surface area (Å²) in [4.78, 5) is 13.2. The first-order chi connectivity index (χ1) is 14.8. The summed E-state index contributed by atoms with van der Waals surface area (Å²) < 4.78 is 34.4. The topological polar surface area (TPSA) is 84.5 Å². The average molecular weight is 524 g/mol. The summed E-state index contributed by atoms with van der Waals surface area (Å²) in [6.45, 7) is 0. The molecule has 162 valence electrons. The average Bonchev–Trinajstić information content (AvgIpc) is 2.74. The van der Waals surface area contributed by atoms with Crippen LogP contribution in [-0.4, -0.2) is 27.5 Å². The standard InChI is InChI=1S/C22H20BrClN2O4S/c1-30-21-12-9-17(24)14-19(21)25-22(27)20(13-15-5-3-2-4-6-15)26-31(28,29)18-10-7-16(23)8-11-18/h2-12,14,20,26H,13H2,1H3,(H,25,27)/t20-/m0/s1. The zero-order valence-electron chi connectivity index (χ0n) is 16.5. The van der Waals surface area contributed by atoms with Crippen LogP contribution in [0.5, 0.6) is 5.75 Å². The van der Waals surface area contributed by atoms with Gasteiger partial charge in [0.05, 0.1) is 17.7 Å². The Kier molecular flexibility index (Phi) is 7.72. The third kappa shape index (κ3) is 6.30. The number of rotatable bonds is 8. The number of amides is 1. The second-order valence-electron chi connectivity index (χ2n) is 6.65. The normalized spacial score (nSPS) is 12.2. The number of carbonyl (C=O) groups excluding carboxylic acids is 1. The van der Waals surface area contributed by atoms with E-state index in [0.717, 1.165) is 10.0 Å². The number of hydrogen-bond acceptors (Lipinski definition) is 4. The minimum absolute atomic E-state index is 0.0573. The molecule has 9 heteroatoms. The Bertz CT molecular complexity index is 1160. The molecule has 0 bridgehead atoms. The molecule has 3 rings (SSSR count). The Balaban J connectivity index is 1.90. The number of hydrogen-bond donors (Lipinski definition) is 2. The zero-order valence-corrected chi connectivity index (χ0v) is 19.7. The second-order valence-corrected chi connectivity index (χ2v) is 9.72. The fraction of sp³-hybridized carbons (Fsp3) is 0.136. The minimum atomic E-state index is -3.95. The molecule has 1 amide bonds. The van der Waals surface area contributed by atoms with Gasteiger partial charge in [-0.15, -0.1) is 0 Å². The lowest BCUT2D eigenvalue weighted by molar-refractivity contribution is -0.117. The molecule has 0 fully saturated rings. The van der Waals surface area contributed by atoms with Gasteiger partial charge in [0, 0.05) is 9.50 Å². The van der Waals surface area contributed by atoms with E-state index in [4.69, 9.17) is 16.3 Å². The summed E-state index contributed by atoms with van der Waals surface area (Å²) in [7, 11) is -2.48. The van der Waals surface area contributed by atoms with Gasteiger partial charge in [0.15, 0.2) is 0 Å². The third-order valence-corrected chi connectivity index (χ3v) is 6.69. The molecule has 0 aliphatic rings. The molecule has 0 unspecified atom stereocenters. The van der Waals surface area contributed by atoms with Gasteiger partial charge < -0.3 is 10.1 Å². The molecule has 0 radical (unpaired) electrons. The van der Waals surface area contributed by atoms with E-state index in [-0.39, 0.29) is 11.3 Å². The van der Waals surface area contributed by atoms with Crippen molar-refractivity contribution < 1.29 is 17.9 Å².